The van der Waals surface area contributed by atoms with Gasteiger partial charge in [-0.15, -0.1) is 4.67 Å². The highest BCUT2D eigenvalue weighted by atomic mass is 31.2. The second kappa shape index (κ2) is 14.7. The van der Waals surface area contributed by atoms with E-state index in [1.54, 1.807) is 0 Å². The van der Waals surface area contributed by atoms with Crippen molar-refractivity contribution in [3.63, 3.8) is 0 Å². The fourth-order valence-corrected chi connectivity index (χ4v) is 5.16. The highest BCUT2D eigenvalue weighted by Crippen LogP contribution is 2.52. The van der Waals surface area contributed by atoms with Crippen molar-refractivity contribution in [2.75, 3.05) is 40.6 Å². The molecule has 0 bridgehead atoms. The molecule has 1 saturated heterocycles. The monoisotopic (exact) mass is 528 g/mol. The molecule has 2 N–H and O–H groups in total. The Morgan fingerprint density at radius 2 is 1.47 bits per heavy atom. The molecule has 6 atom stereocenters. The predicted octanol–water partition coefficient (Wildman–Crippen LogP) is 2.48. The molecule has 1 aliphatic heterocycles. The van der Waals surface area contributed by atoms with Crippen molar-refractivity contribution in [1.82, 2.24) is 0 Å². The minimum Gasteiger partial charge on any atom is -0.381 e. The van der Waals surface area contributed by atoms with E-state index in [4.69, 9.17) is 37.5 Å². The number of hydrogen-bond donors (Lipinski definition) is 2. The maximum absolute atomic E-state index is 12.4. The molecule has 0 spiro atoms. The van der Waals surface area contributed by atoms with Gasteiger partial charge in [0.15, 0.2) is 0 Å². The van der Waals surface area contributed by atoms with Gasteiger partial charge in [-0.25, -0.2) is 19.0 Å². The zero-order chi connectivity index (χ0) is 24.3. The molecule has 1 aliphatic rings. The van der Waals surface area contributed by atoms with Gasteiger partial charge < -0.3 is 9.63 Å². The van der Waals surface area contributed by atoms with Gasteiger partial charge in [0.1, 0.15) is 7.85 Å². The maximum Gasteiger partial charge on any atom is 0.502 e. The summed E-state index contributed by atoms with van der Waals surface area (Å²) in [7, 11) is -8.22. The van der Waals surface area contributed by atoms with Crippen LogP contribution >= 0.6 is 23.5 Å². The van der Waals surface area contributed by atoms with E-state index in [1.807, 2.05) is 14.8 Å². The lowest BCUT2D eigenvalue weighted by molar-refractivity contribution is -0.171. The average molecular weight is 528 g/mol. The summed E-state index contributed by atoms with van der Waals surface area (Å²) in [5, 5.41) is 8.98. The van der Waals surface area contributed by atoms with Gasteiger partial charge in [-0.1, -0.05) is 6.92 Å². The van der Waals surface area contributed by atoms with Crippen LogP contribution in [0.1, 0.15) is 32.6 Å². The van der Waals surface area contributed by atoms with Gasteiger partial charge in [0.05, 0.1) is 38.6 Å². The molecule has 0 amide bonds. The first-order valence-corrected chi connectivity index (χ1v) is 14.3. The topological polar surface area (TPSA) is 175 Å². The van der Waals surface area contributed by atoms with E-state index < -0.39 is 29.6 Å². The van der Waals surface area contributed by atoms with Crippen LogP contribution in [0.5, 0.6) is 0 Å². The summed E-state index contributed by atoms with van der Waals surface area (Å²) in [6.45, 7) is 1.18. The minimum absolute atomic E-state index is 0.0895. The highest BCUT2D eigenvalue weighted by molar-refractivity contribution is 7.48. The molecule has 1 heterocycles. The van der Waals surface area contributed by atoms with Gasteiger partial charge in [-0.05, 0) is 25.7 Å². The second-order valence-electron chi connectivity index (χ2n) is 6.62. The molecule has 1 rings (SSSR count). The summed E-state index contributed by atoms with van der Waals surface area (Å²) < 4.78 is 79.5. The van der Waals surface area contributed by atoms with E-state index in [9.17, 15) is 13.7 Å². The van der Waals surface area contributed by atoms with E-state index in [2.05, 4.69) is 13.7 Å². The van der Waals surface area contributed by atoms with Crippen molar-refractivity contribution in [1.29, 1.82) is 0 Å². The lowest BCUT2D eigenvalue weighted by Crippen LogP contribution is -2.23. The first-order chi connectivity index (χ1) is 15.0. The molecule has 0 aromatic rings. The molecule has 190 valence electrons. The number of phosphoric ester groups is 3. The SMILES string of the molecule is BC1CC(OP(=O)(OO)OCCCOP(=O)(OC)OCCCOP(=O)(O)OC)C(CC)O1. The molecule has 18 heteroatoms. The molecule has 6 unspecified atom stereocenters. The third-order valence-electron chi connectivity index (χ3n) is 4.19. The zero-order valence-electron chi connectivity index (χ0n) is 18.5. The van der Waals surface area contributed by atoms with Gasteiger partial charge in [-0.2, -0.15) is 0 Å². The molecule has 14 nitrogen and oxygen atoms in total. The predicted molar refractivity (Wildman–Crippen MR) is 113 cm³/mol. The fourth-order valence-electron chi connectivity index (χ4n) is 2.65. The van der Waals surface area contributed by atoms with Crippen LogP contribution in [0.25, 0.3) is 0 Å². The van der Waals surface area contributed by atoms with Gasteiger partial charge >= 0.3 is 23.5 Å². The van der Waals surface area contributed by atoms with Gasteiger partial charge in [0.2, 0.25) is 0 Å². The maximum atomic E-state index is 12.4. The number of rotatable bonds is 18. The number of phosphoric acid groups is 3. The van der Waals surface area contributed by atoms with Crippen LogP contribution in [-0.2, 0) is 54.8 Å². The standard InChI is InChI=1S/C14H32BO14P3/c1-4-12-13(11-14(15)27-12)28-32(20,29-16)26-10-6-9-25-31(19,22-3)24-8-5-7-23-30(17,18)21-2/h12-14,16H,4-11,15H2,1-3H3,(H,17,18). The first-order valence-electron chi connectivity index (χ1n) is 9.91. The Morgan fingerprint density at radius 1 is 0.938 bits per heavy atom. The summed E-state index contributed by atoms with van der Waals surface area (Å²) in [5.41, 5.74) is 0. The van der Waals surface area contributed by atoms with Crippen LogP contribution in [-0.4, -0.2) is 76.9 Å². The Bertz CT molecular complexity index is 681. The van der Waals surface area contributed by atoms with Crippen LogP contribution in [0, 0.1) is 0 Å². The third-order valence-corrected chi connectivity index (χ3v) is 7.83. The summed E-state index contributed by atoms with van der Waals surface area (Å²) in [6, 6.07) is -0.0895. The van der Waals surface area contributed by atoms with Gasteiger partial charge in [-0.3, -0.25) is 31.7 Å². The molecule has 0 saturated carbocycles. The lowest BCUT2D eigenvalue weighted by atomic mass is 9.96. The fraction of sp³-hybridized carbons (Fsp3) is 1.00. The normalized spacial score (nSPS) is 27.0. The van der Waals surface area contributed by atoms with Crippen LogP contribution in [0.15, 0.2) is 0 Å². The van der Waals surface area contributed by atoms with Crippen LogP contribution < -0.4 is 0 Å². The second-order valence-corrected chi connectivity index (χ2v) is 11.5. The largest absolute Gasteiger partial charge is 0.502 e. The van der Waals surface area contributed by atoms with Crippen molar-refractivity contribution in [2.45, 2.75) is 50.8 Å². The summed E-state index contributed by atoms with van der Waals surface area (Å²) in [5.74, 6) is 0. The minimum atomic E-state index is -4.24. The number of hydrogen-bond acceptors (Lipinski definition) is 13. The molecule has 0 aliphatic carbocycles. The molecule has 32 heavy (non-hydrogen) atoms. The molecular formula is C14H32BO14P3. The van der Waals surface area contributed by atoms with E-state index in [1.165, 1.54) is 0 Å². The van der Waals surface area contributed by atoms with Crippen LogP contribution in [0.2, 0.25) is 0 Å². The third kappa shape index (κ3) is 11.2. The first kappa shape index (κ1) is 30.3. The van der Waals surface area contributed by atoms with Gasteiger partial charge in [0.25, 0.3) is 0 Å². The lowest BCUT2D eigenvalue weighted by Gasteiger charge is -2.21. The highest BCUT2D eigenvalue weighted by Gasteiger charge is 2.40. The molecule has 0 aromatic carbocycles. The Morgan fingerprint density at radius 3 is 1.94 bits per heavy atom. The molecule has 0 radical (unpaired) electrons. The van der Waals surface area contributed by atoms with Crippen LogP contribution in [0.4, 0.5) is 0 Å². The van der Waals surface area contributed by atoms with E-state index in [0.29, 0.717) is 12.8 Å². The number of ether oxygens (including phenoxy) is 1. The van der Waals surface area contributed by atoms with Crippen molar-refractivity contribution in [3.05, 3.63) is 0 Å². The van der Waals surface area contributed by atoms with Crippen molar-refractivity contribution >= 4 is 31.3 Å². The molecule has 0 aromatic heterocycles. The Labute approximate surface area is 188 Å². The van der Waals surface area contributed by atoms with Crippen LogP contribution in [0.3, 0.4) is 0 Å². The zero-order valence-corrected chi connectivity index (χ0v) is 21.2. The average Bonchev–Trinajstić information content (AvgIpc) is 3.11. The van der Waals surface area contributed by atoms with E-state index >= 15 is 0 Å². The Balaban J connectivity index is 2.32. The van der Waals surface area contributed by atoms with Crippen molar-refractivity contribution in [2.24, 2.45) is 0 Å². The summed E-state index contributed by atoms with van der Waals surface area (Å²) in [4.78, 5) is 9.08. The van der Waals surface area contributed by atoms with Crippen molar-refractivity contribution in [3.8, 4) is 0 Å². The van der Waals surface area contributed by atoms with Crippen molar-refractivity contribution < 1.29 is 64.9 Å². The van der Waals surface area contributed by atoms with E-state index in [0.717, 1.165) is 14.2 Å². The Hall–Kier alpha value is 0.315. The summed E-state index contributed by atoms with van der Waals surface area (Å²) in [6.07, 6.45) is 0.447. The molecule has 1 fully saturated rings. The smallest absolute Gasteiger partial charge is 0.381 e. The Kier molecular flexibility index (Phi) is 13.9. The van der Waals surface area contributed by atoms with E-state index in [-0.39, 0.29) is 51.4 Å². The molecular weight excluding hydrogens is 496 g/mol. The summed E-state index contributed by atoms with van der Waals surface area (Å²) >= 11 is 0. The quantitative estimate of drug-likeness (QED) is 0.0873. The van der Waals surface area contributed by atoms with Gasteiger partial charge in [0, 0.05) is 20.2 Å².